The van der Waals surface area contributed by atoms with Crippen LogP contribution in [0.3, 0.4) is 0 Å². The van der Waals surface area contributed by atoms with Crippen LogP contribution in [0.25, 0.3) is 0 Å². The second-order valence-electron chi connectivity index (χ2n) is 7.47. The fourth-order valence-electron chi connectivity index (χ4n) is 3.60. The molecule has 0 radical (unpaired) electrons. The van der Waals surface area contributed by atoms with Gasteiger partial charge in [0, 0.05) is 43.7 Å². The average Bonchev–Trinajstić information content (AvgIpc) is 3.17. The van der Waals surface area contributed by atoms with Gasteiger partial charge in [0.05, 0.1) is 15.8 Å². The number of amides is 1. The van der Waals surface area contributed by atoms with Gasteiger partial charge in [-0.25, -0.2) is 8.42 Å². The molecule has 1 aromatic carbocycles. The molecule has 2 aliphatic rings. The molecule has 1 aromatic heterocycles. The zero-order chi connectivity index (χ0) is 22.0. The summed E-state index contributed by atoms with van der Waals surface area (Å²) in [6, 6.07) is 8.46. The lowest BCUT2D eigenvalue weighted by Gasteiger charge is -2.35. The Balaban J connectivity index is 1.32. The Bertz CT molecular complexity index is 1050. The quantitative estimate of drug-likeness (QED) is 0.623. The van der Waals surface area contributed by atoms with E-state index in [2.05, 4.69) is 0 Å². The number of nitrogens with zero attached hydrogens (tertiary/aromatic N) is 3. The number of piperazine rings is 1. The van der Waals surface area contributed by atoms with Crippen LogP contribution in [0.5, 0.6) is 11.5 Å². The van der Waals surface area contributed by atoms with E-state index in [0.717, 1.165) is 9.21 Å². The Morgan fingerprint density at radius 1 is 1.10 bits per heavy atom. The predicted octanol–water partition coefficient (Wildman–Crippen LogP) is 2.14. The molecule has 31 heavy (non-hydrogen) atoms. The van der Waals surface area contributed by atoms with Gasteiger partial charge in [-0.1, -0.05) is 11.6 Å². The fraction of sp³-hybridized carbons (Fsp3) is 0.450. The van der Waals surface area contributed by atoms with Crippen molar-refractivity contribution >= 4 is 38.9 Å². The highest BCUT2D eigenvalue weighted by atomic mass is 35.5. The number of benzene rings is 1. The number of carbonyl (C=O) groups excluding carboxylic acids is 1. The lowest BCUT2D eigenvalue weighted by atomic mass is 10.3. The maximum Gasteiger partial charge on any atom is 0.243 e. The second kappa shape index (κ2) is 9.33. The first kappa shape index (κ1) is 22.3. The molecule has 2 aliphatic heterocycles. The Kier molecular flexibility index (Phi) is 6.73. The van der Waals surface area contributed by atoms with Crippen LogP contribution in [-0.2, 0) is 21.4 Å². The van der Waals surface area contributed by atoms with Crippen molar-refractivity contribution in [3.8, 4) is 11.5 Å². The number of rotatable bonds is 6. The summed E-state index contributed by atoms with van der Waals surface area (Å²) in [7, 11) is -1.78. The highest BCUT2D eigenvalue weighted by Crippen LogP contribution is 2.33. The van der Waals surface area contributed by atoms with Gasteiger partial charge in [0.2, 0.25) is 15.9 Å². The molecular formula is C20H24ClN3O5S2. The van der Waals surface area contributed by atoms with Gasteiger partial charge in [-0.15, -0.1) is 11.3 Å². The second-order valence-corrected chi connectivity index (χ2v) is 11.2. The molecule has 1 fully saturated rings. The normalized spacial score (nSPS) is 17.2. The Hall–Kier alpha value is -1.85. The Morgan fingerprint density at radius 3 is 2.48 bits per heavy atom. The number of ether oxygens (including phenoxy) is 2. The van der Waals surface area contributed by atoms with Crippen molar-refractivity contribution in [2.45, 2.75) is 11.4 Å². The molecular weight excluding hydrogens is 462 g/mol. The van der Waals surface area contributed by atoms with Gasteiger partial charge in [-0.05, 0) is 31.3 Å². The minimum absolute atomic E-state index is 0.0125. The highest BCUT2D eigenvalue weighted by Gasteiger charge is 2.31. The molecule has 0 aliphatic carbocycles. The summed E-state index contributed by atoms with van der Waals surface area (Å²) < 4.78 is 39.2. The van der Waals surface area contributed by atoms with Crippen molar-refractivity contribution < 1.29 is 22.7 Å². The van der Waals surface area contributed by atoms with Crippen molar-refractivity contribution in [2.75, 3.05) is 53.0 Å². The number of sulfonamides is 1. The molecule has 11 heteroatoms. The SMILES string of the molecule is CN(CC(=O)N1CCN(S(=O)(=O)c2ccc3c(c2)OCCO3)CC1)Cc1ccc(Cl)s1. The summed E-state index contributed by atoms with van der Waals surface area (Å²) >= 11 is 7.46. The van der Waals surface area contributed by atoms with Crippen LogP contribution in [0.15, 0.2) is 35.2 Å². The molecule has 4 rings (SSSR count). The molecule has 1 amide bonds. The fourth-order valence-corrected chi connectivity index (χ4v) is 6.21. The summed E-state index contributed by atoms with van der Waals surface area (Å²) in [6.07, 6.45) is 0. The maximum absolute atomic E-state index is 13.0. The number of halogens is 1. The first-order chi connectivity index (χ1) is 14.8. The first-order valence-corrected chi connectivity index (χ1v) is 12.6. The van der Waals surface area contributed by atoms with Gasteiger partial charge in [0.1, 0.15) is 13.2 Å². The third kappa shape index (κ3) is 5.15. The van der Waals surface area contributed by atoms with Crippen molar-refractivity contribution in [3.63, 3.8) is 0 Å². The van der Waals surface area contributed by atoms with E-state index in [-0.39, 0.29) is 30.4 Å². The number of hydrogen-bond donors (Lipinski definition) is 0. The largest absolute Gasteiger partial charge is 0.486 e. The first-order valence-electron chi connectivity index (χ1n) is 9.93. The Labute approximate surface area is 190 Å². The molecule has 2 aromatic rings. The van der Waals surface area contributed by atoms with Crippen LogP contribution in [0.2, 0.25) is 4.34 Å². The van der Waals surface area contributed by atoms with Crippen molar-refractivity contribution in [1.82, 2.24) is 14.1 Å². The van der Waals surface area contributed by atoms with E-state index >= 15 is 0 Å². The topological polar surface area (TPSA) is 79.4 Å². The van der Waals surface area contributed by atoms with Crippen LogP contribution in [0, 0.1) is 0 Å². The van der Waals surface area contributed by atoms with E-state index in [0.29, 0.717) is 44.3 Å². The molecule has 8 nitrogen and oxygen atoms in total. The zero-order valence-corrected chi connectivity index (χ0v) is 19.5. The summed E-state index contributed by atoms with van der Waals surface area (Å²) in [5.74, 6) is 0.979. The van der Waals surface area contributed by atoms with E-state index in [4.69, 9.17) is 21.1 Å². The highest BCUT2D eigenvalue weighted by molar-refractivity contribution is 7.89. The van der Waals surface area contributed by atoms with E-state index in [1.807, 2.05) is 24.1 Å². The number of likely N-dealkylation sites (N-methyl/N-ethyl adjacent to an activating group) is 1. The molecule has 0 spiro atoms. The summed E-state index contributed by atoms with van der Waals surface area (Å²) in [6.45, 7) is 2.99. The van der Waals surface area contributed by atoms with Gasteiger partial charge >= 0.3 is 0 Å². The smallest absolute Gasteiger partial charge is 0.243 e. The van der Waals surface area contributed by atoms with Gasteiger partial charge < -0.3 is 14.4 Å². The molecule has 1 saturated heterocycles. The summed E-state index contributed by atoms with van der Waals surface area (Å²) in [5, 5.41) is 0. The van der Waals surface area contributed by atoms with Crippen LogP contribution in [0.4, 0.5) is 0 Å². The molecule has 3 heterocycles. The molecule has 168 valence electrons. The zero-order valence-electron chi connectivity index (χ0n) is 17.1. The van der Waals surface area contributed by atoms with Crippen LogP contribution < -0.4 is 9.47 Å². The van der Waals surface area contributed by atoms with E-state index in [9.17, 15) is 13.2 Å². The average molecular weight is 486 g/mol. The van der Waals surface area contributed by atoms with E-state index in [1.54, 1.807) is 11.0 Å². The van der Waals surface area contributed by atoms with Gasteiger partial charge in [-0.3, -0.25) is 9.69 Å². The predicted molar refractivity (Wildman–Crippen MR) is 118 cm³/mol. The van der Waals surface area contributed by atoms with Crippen molar-refractivity contribution in [2.24, 2.45) is 0 Å². The number of fused-ring (bicyclic) bond motifs is 1. The standard InChI is InChI=1S/C20H24ClN3O5S2/c1-22(13-15-2-5-19(21)30-15)14-20(25)23-6-8-24(9-7-23)31(26,27)16-3-4-17-18(12-16)29-11-10-28-17/h2-5,12H,6-11,13-14H2,1H3. The lowest BCUT2D eigenvalue weighted by molar-refractivity contribution is -0.133. The third-order valence-corrected chi connectivity index (χ3v) is 8.31. The van der Waals surface area contributed by atoms with Crippen LogP contribution >= 0.6 is 22.9 Å². The minimum Gasteiger partial charge on any atom is -0.486 e. The summed E-state index contributed by atoms with van der Waals surface area (Å²) in [4.78, 5) is 17.6. The van der Waals surface area contributed by atoms with Crippen LogP contribution in [-0.4, -0.2) is 81.4 Å². The third-order valence-electron chi connectivity index (χ3n) is 5.20. The van der Waals surface area contributed by atoms with E-state index in [1.165, 1.54) is 27.8 Å². The van der Waals surface area contributed by atoms with Crippen molar-refractivity contribution in [1.29, 1.82) is 0 Å². The van der Waals surface area contributed by atoms with E-state index < -0.39 is 10.0 Å². The molecule has 0 atom stereocenters. The Morgan fingerprint density at radius 2 is 1.81 bits per heavy atom. The van der Waals surface area contributed by atoms with Crippen molar-refractivity contribution in [3.05, 3.63) is 39.5 Å². The lowest BCUT2D eigenvalue weighted by Crippen LogP contribution is -2.52. The van der Waals surface area contributed by atoms with Gasteiger partial charge in [0.15, 0.2) is 11.5 Å². The summed E-state index contributed by atoms with van der Waals surface area (Å²) in [5.41, 5.74) is 0. The molecule has 0 N–H and O–H groups in total. The van der Waals surface area contributed by atoms with Crippen LogP contribution in [0.1, 0.15) is 4.88 Å². The minimum atomic E-state index is -3.67. The number of hydrogen-bond acceptors (Lipinski definition) is 7. The molecule has 0 saturated carbocycles. The maximum atomic E-state index is 13.0. The monoisotopic (exact) mass is 485 g/mol. The molecule has 0 unspecified atom stereocenters. The molecule has 0 bridgehead atoms. The van der Waals surface area contributed by atoms with Gasteiger partial charge in [0.25, 0.3) is 0 Å². The number of thiophene rings is 1. The number of carbonyl (C=O) groups is 1. The van der Waals surface area contributed by atoms with Gasteiger partial charge in [-0.2, -0.15) is 4.31 Å².